The molecule has 0 aliphatic heterocycles. The van der Waals surface area contributed by atoms with Crippen LogP contribution in [-0.4, -0.2) is 12.2 Å². The Morgan fingerprint density at radius 2 is 1.41 bits per heavy atom. The molecule has 5 heteroatoms. The normalized spacial score (nSPS) is 11.7. The van der Waals surface area contributed by atoms with E-state index in [0.717, 1.165) is 16.5 Å². The second kappa shape index (κ2) is 6.13. The van der Waals surface area contributed by atoms with E-state index in [9.17, 15) is 5.11 Å². The molecule has 0 aliphatic carbocycles. The summed E-state index contributed by atoms with van der Waals surface area (Å²) in [5.41, 5.74) is 1.88. The molecule has 0 heterocycles. The van der Waals surface area contributed by atoms with Crippen molar-refractivity contribution in [3.8, 4) is 5.75 Å². The molecule has 1 N–H and O–H groups in total. The van der Waals surface area contributed by atoms with Crippen LogP contribution in [-0.2, 0) is 0 Å². The van der Waals surface area contributed by atoms with Gasteiger partial charge in [-0.15, -0.1) is 5.11 Å². The summed E-state index contributed by atoms with van der Waals surface area (Å²) in [5, 5.41) is 27.9. The predicted molar refractivity (Wildman–Crippen MR) is 86.7 cm³/mol. The lowest BCUT2D eigenvalue weighted by Crippen LogP contribution is -1.74. The van der Waals surface area contributed by atoms with E-state index in [0.29, 0.717) is 11.4 Å². The highest BCUT2D eigenvalue weighted by atomic mass is 16.3. The highest BCUT2D eigenvalue weighted by molar-refractivity contribution is 5.92. The average Bonchev–Trinajstić information content (AvgIpc) is 2.56. The number of azo groups is 2. The van der Waals surface area contributed by atoms with Crippen LogP contribution in [0, 0.1) is 0 Å². The summed E-state index contributed by atoms with van der Waals surface area (Å²) in [4.78, 5) is 0. The van der Waals surface area contributed by atoms with Gasteiger partial charge in [-0.05, 0) is 35.7 Å². The zero-order chi connectivity index (χ0) is 15.4. The fourth-order valence-electron chi connectivity index (χ4n) is 2.14. The summed E-state index contributed by atoms with van der Waals surface area (Å²) in [5.74, 6) is 0.137. The zero-order valence-electron chi connectivity index (χ0n) is 12.0. The Kier molecular flexibility index (Phi) is 3.87. The van der Waals surface area contributed by atoms with Gasteiger partial charge >= 0.3 is 0 Å². The van der Waals surface area contributed by atoms with E-state index in [2.05, 4.69) is 20.5 Å². The number of hydrogen-bond acceptors (Lipinski definition) is 5. The van der Waals surface area contributed by atoms with Crippen LogP contribution in [0.4, 0.5) is 17.1 Å². The minimum Gasteiger partial charge on any atom is -0.505 e. The predicted octanol–water partition coefficient (Wildman–Crippen LogP) is 5.67. The molecule has 0 spiro atoms. The Hall–Kier alpha value is -3.08. The molecule has 3 rings (SSSR count). The molecule has 0 unspecified atom stereocenters. The minimum atomic E-state index is 0.137. The van der Waals surface area contributed by atoms with E-state index < -0.39 is 0 Å². The first kappa shape index (κ1) is 13.9. The van der Waals surface area contributed by atoms with Gasteiger partial charge in [-0.25, -0.2) is 0 Å². The van der Waals surface area contributed by atoms with Crippen LogP contribution in [0.1, 0.15) is 0 Å². The first-order chi connectivity index (χ1) is 10.8. The van der Waals surface area contributed by atoms with Gasteiger partial charge < -0.3 is 5.11 Å². The van der Waals surface area contributed by atoms with Gasteiger partial charge in [0.2, 0.25) is 0 Å². The molecule has 0 saturated heterocycles. The molecule has 3 aromatic carbocycles. The molecule has 22 heavy (non-hydrogen) atoms. The van der Waals surface area contributed by atoms with Crippen molar-refractivity contribution in [2.75, 3.05) is 7.05 Å². The van der Waals surface area contributed by atoms with Gasteiger partial charge in [0.1, 0.15) is 5.69 Å². The largest absolute Gasteiger partial charge is 0.505 e. The summed E-state index contributed by atoms with van der Waals surface area (Å²) in [6.07, 6.45) is 0. The third kappa shape index (κ3) is 2.83. The topological polar surface area (TPSA) is 69.7 Å². The van der Waals surface area contributed by atoms with Crippen molar-refractivity contribution in [3.63, 3.8) is 0 Å². The van der Waals surface area contributed by atoms with Gasteiger partial charge in [0.15, 0.2) is 5.75 Å². The lowest BCUT2D eigenvalue weighted by Gasteiger charge is -2.03. The van der Waals surface area contributed by atoms with Crippen LogP contribution in [0.25, 0.3) is 10.8 Å². The summed E-state index contributed by atoms with van der Waals surface area (Å²) in [6.45, 7) is 0. The zero-order valence-corrected chi connectivity index (χ0v) is 12.0. The van der Waals surface area contributed by atoms with Crippen LogP contribution in [0.2, 0.25) is 0 Å². The third-order valence-corrected chi connectivity index (χ3v) is 3.22. The Bertz CT molecular complexity index is 854. The summed E-state index contributed by atoms with van der Waals surface area (Å²) >= 11 is 0. The number of hydrogen-bond donors (Lipinski definition) is 1. The Balaban J connectivity index is 1.90. The van der Waals surface area contributed by atoms with Gasteiger partial charge in [0.05, 0.1) is 11.4 Å². The van der Waals surface area contributed by atoms with Crippen molar-refractivity contribution >= 4 is 27.8 Å². The van der Waals surface area contributed by atoms with E-state index in [4.69, 9.17) is 0 Å². The molecule has 0 atom stereocenters. The molecule has 5 nitrogen and oxygen atoms in total. The molecule has 0 amide bonds. The summed E-state index contributed by atoms with van der Waals surface area (Å²) in [7, 11) is 1.62. The number of fused-ring (bicyclic) bond motifs is 1. The summed E-state index contributed by atoms with van der Waals surface area (Å²) < 4.78 is 0. The number of phenols is 1. The molecule has 108 valence electrons. The van der Waals surface area contributed by atoms with Crippen molar-refractivity contribution in [1.82, 2.24) is 0 Å². The Labute approximate surface area is 127 Å². The van der Waals surface area contributed by atoms with Crippen molar-refractivity contribution in [1.29, 1.82) is 0 Å². The van der Waals surface area contributed by atoms with Crippen molar-refractivity contribution < 1.29 is 5.11 Å². The highest BCUT2D eigenvalue weighted by Crippen LogP contribution is 2.35. The maximum atomic E-state index is 10.3. The number of rotatable bonds is 3. The SMILES string of the molecule is CN=Nc1ccc(N=Nc2ccc3ccccc3c2O)cc1. The smallest absolute Gasteiger partial charge is 0.150 e. The number of aromatic hydroxyl groups is 1. The Morgan fingerprint density at radius 3 is 2.14 bits per heavy atom. The lowest BCUT2D eigenvalue weighted by atomic mass is 10.1. The fourth-order valence-corrected chi connectivity index (χ4v) is 2.14. The van der Waals surface area contributed by atoms with Crippen LogP contribution >= 0.6 is 0 Å². The first-order valence-electron chi connectivity index (χ1n) is 6.80. The molecule has 0 aliphatic rings. The molecular weight excluding hydrogens is 276 g/mol. The van der Waals surface area contributed by atoms with E-state index in [1.165, 1.54) is 0 Å². The quantitative estimate of drug-likeness (QED) is 0.620. The van der Waals surface area contributed by atoms with Crippen molar-refractivity contribution in [2.45, 2.75) is 0 Å². The minimum absolute atomic E-state index is 0.137. The maximum Gasteiger partial charge on any atom is 0.150 e. The van der Waals surface area contributed by atoms with Gasteiger partial charge in [-0.2, -0.15) is 15.3 Å². The number of phenolic OH excluding ortho intramolecular Hbond substituents is 1. The number of benzene rings is 3. The third-order valence-electron chi connectivity index (χ3n) is 3.22. The number of nitrogens with zero attached hydrogens (tertiary/aromatic N) is 4. The Morgan fingerprint density at radius 1 is 0.727 bits per heavy atom. The molecular formula is C17H14N4O. The van der Waals surface area contributed by atoms with Gasteiger partial charge in [0, 0.05) is 12.4 Å². The van der Waals surface area contributed by atoms with Gasteiger partial charge in [-0.3, -0.25) is 0 Å². The fraction of sp³-hybridized carbons (Fsp3) is 0.0588. The van der Waals surface area contributed by atoms with E-state index in [1.807, 2.05) is 42.5 Å². The summed E-state index contributed by atoms with van der Waals surface area (Å²) in [6, 6.07) is 18.5. The van der Waals surface area contributed by atoms with Crippen molar-refractivity contribution in [2.24, 2.45) is 20.5 Å². The van der Waals surface area contributed by atoms with E-state index >= 15 is 0 Å². The second-order valence-corrected chi connectivity index (χ2v) is 4.67. The molecule has 3 aromatic rings. The van der Waals surface area contributed by atoms with Crippen LogP contribution in [0.3, 0.4) is 0 Å². The monoisotopic (exact) mass is 290 g/mol. The molecule has 0 bridgehead atoms. The first-order valence-corrected chi connectivity index (χ1v) is 6.80. The second-order valence-electron chi connectivity index (χ2n) is 4.67. The van der Waals surface area contributed by atoms with Crippen LogP contribution < -0.4 is 0 Å². The molecule has 0 fully saturated rings. The highest BCUT2D eigenvalue weighted by Gasteiger charge is 2.05. The van der Waals surface area contributed by atoms with Gasteiger partial charge in [0.25, 0.3) is 0 Å². The molecule has 0 aromatic heterocycles. The average molecular weight is 290 g/mol. The van der Waals surface area contributed by atoms with E-state index in [-0.39, 0.29) is 5.75 Å². The van der Waals surface area contributed by atoms with Crippen LogP contribution in [0.5, 0.6) is 5.75 Å². The maximum absolute atomic E-state index is 10.3. The standard InChI is InChI=1S/C17H14N4O/c1-18-19-13-7-9-14(10-8-13)20-21-16-11-6-12-4-2-3-5-15(12)17(16)22/h2-11,22H,1H3. The van der Waals surface area contributed by atoms with Gasteiger partial charge in [-0.1, -0.05) is 30.3 Å². The lowest BCUT2D eigenvalue weighted by molar-refractivity contribution is 0.482. The van der Waals surface area contributed by atoms with Crippen molar-refractivity contribution in [3.05, 3.63) is 60.7 Å². The van der Waals surface area contributed by atoms with E-state index in [1.54, 1.807) is 25.2 Å². The molecule has 0 radical (unpaired) electrons. The van der Waals surface area contributed by atoms with Crippen LogP contribution in [0.15, 0.2) is 81.1 Å². The molecule has 0 saturated carbocycles.